The molecule has 5 heteroatoms. The molecule has 15 heavy (non-hydrogen) atoms. The summed E-state index contributed by atoms with van der Waals surface area (Å²) in [6.07, 6.45) is 7.59. The lowest BCUT2D eigenvalue weighted by atomic mass is 10.4. The van der Waals surface area contributed by atoms with Crippen molar-refractivity contribution in [3.8, 4) is 0 Å². The molecule has 0 fully saturated rings. The molecule has 0 amide bonds. The standard InChI is InChI=1S/C10H19N5/c1-2-4-13-10(11)14-5-3-7-15-8-6-12-9-15/h6,8-9H,2-5,7H2,1H3,(H3,11,13,14). The molecular formula is C10H19N5. The van der Waals surface area contributed by atoms with Crippen molar-refractivity contribution in [1.29, 1.82) is 0 Å². The number of imidazole rings is 1. The minimum atomic E-state index is 0.544. The fraction of sp³-hybridized carbons (Fsp3) is 0.600. The largest absolute Gasteiger partial charge is 0.370 e. The highest BCUT2D eigenvalue weighted by molar-refractivity contribution is 5.77. The molecule has 0 aliphatic heterocycles. The van der Waals surface area contributed by atoms with Gasteiger partial charge in [0.25, 0.3) is 0 Å². The SMILES string of the molecule is CCCN=C(N)NCCCn1ccnc1. The normalized spacial score (nSPS) is 11.7. The van der Waals surface area contributed by atoms with E-state index in [1.807, 2.05) is 17.1 Å². The van der Waals surface area contributed by atoms with Crippen molar-refractivity contribution in [1.82, 2.24) is 14.9 Å². The first kappa shape index (κ1) is 11.6. The molecule has 0 aliphatic carbocycles. The number of aryl methyl sites for hydroxylation is 1. The van der Waals surface area contributed by atoms with E-state index in [2.05, 4.69) is 22.2 Å². The van der Waals surface area contributed by atoms with Crippen LogP contribution < -0.4 is 11.1 Å². The zero-order valence-electron chi connectivity index (χ0n) is 9.19. The molecule has 84 valence electrons. The van der Waals surface area contributed by atoms with Crippen molar-refractivity contribution in [3.63, 3.8) is 0 Å². The van der Waals surface area contributed by atoms with E-state index in [1.165, 1.54) is 0 Å². The molecule has 3 N–H and O–H groups in total. The minimum absolute atomic E-state index is 0.544. The van der Waals surface area contributed by atoms with Gasteiger partial charge in [0.15, 0.2) is 5.96 Å². The van der Waals surface area contributed by atoms with E-state index in [0.29, 0.717) is 5.96 Å². The van der Waals surface area contributed by atoms with Crippen LogP contribution in [0.1, 0.15) is 19.8 Å². The van der Waals surface area contributed by atoms with Crippen molar-refractivity contribution in [2.45, 2.75) is 26.3 Å². The number of nitrogens with zero attached hydrogens (tertiary/aromatic N) is 3. The molecule has 1 aromatic rings. The topological polar surface area (TPSA) is 68.2 Å². The summed E-state index contributed by atoms with van der Waals surface area (Å²) in [7, 11) is 0. The Kier molecular flexibility index (Phi) is 5.29. The Morgan fingerprint density at radius 3 is 3.13 bits per heavy atom. The molecule has 0 bridgehead atoms. The number of aromatic nitrogens is 2. The number of nitrogens with one attached hydrogen (secondary N) is 1. The maximum absolute atomic E-state index is 5.64. The predicted octanol–water partition coefficient (Wildman–Crippen LogP) is 0.587. The molecule has 1 rings (SSSR count). The third-order valence-corrected chi connectivity index (χ3v) is 1.96. The second kappa shape index (κ2) is 6.86. The fourth-order valence-electron chi connectivity index (χ4n) is 1.19. The predicted molar refractivity (Wildman–Crippen MR) is 61.6 cm³/mol. The number of aliphatic imine (C=N–C) groups is 1. The van der Waals surface area contributed by atoms with Gasteiger partial charge in [-0.1, -0.05) is 6.92 Å². The summed E-state index contributed by atoms with van der Waals surface area (Å²) < 4.78 is 2.04. The summed E-state index contributed by atoms with van der Waals surface area (Å²) in [6, 6.07) is 0. The first-order valence-corrected chi connectivity index (χ1v) is 5.32. The van der Waals surface area contributed by atoms with Gasteiger partial charge in [-0.15, -0.1) is 0 Å². The maximum atomic E-state index is 5.64. The smallest absolute Gasteiger partial charge is 0.188 e. The summed E-state index contributed by atoms with van der Waals surface area (Å²) in [6.45, 7) is 4.67. The van der Waals surface area contributed by atoms with Crippen LogP contribution >= 0.6 is 0 Å². The Labute approximate surface area is 90.4 Å². The van der Waals surface area contributed by atoms with E-state index in [4.69, 9.17) is 5.73 Å². The van der Waals surface area contributed by atoms with Gasteiger partial charge < -0.3 is 15.6 Å². The summed E-state index contributed by atoms with van der Waals surface area (Å²) in [5.74, 6) is 0.544. The van der Waals surface area contributed by atoms with E-state index < -0.39 is 0 Å². The Balaban J connectivity index is 2.06. The molecule has 0 aliphatic rings. The van der Waals surface area contributed by atoms with Crippen LogP contribution in [0.2, 0.25) is 0 Å². The lowest BCUT2D eigenvalue weighted by Gasteiger charge is -2.05. The zero-order valence-corrected chi connectivity index (χ0v) is 9.19. The lowest BCUT2D eigenvalue weighted by Crippen LogP contribution is -2.32. The summed E-state index contributed by atoms with van der Waals surface area (Å²) >= 11 is 0. The van der Waals surface area contributed by atoms with Gasteiger partial charge in [-0.05, 0) is 12.8 Å². The summed E-state index contributed by atoms with van der Waals surface area (Å²) in [5, 5.41) is 3.07. The zero-order chi connectivity index (χ0) is 10.9. The molecule has 1 heterocycles. The molecule has 1 aromatic heterocycles. The van der Waals surface area contributed by atoms with Crippen LogP contribution in [-0.2, 0) is 6.54 Å². The van der Waals surface area contributed by atoms with Crippen molar-refractivity contribution in [2.75, 3.05) is 13.1 Å². The van der Waals surface area contributed by atoms with Gasteiger partial charge in [0, 0.05) is 32.0 Å². The van der Waals surface area contributed by atoms with Crippen LogP contribution in [0.5, 0.6) is 0 Å². The Morgan fingerprint density at radius 1 is 1.60 bits per heavy atom. The number of rotatable bonds is 6. The van der Waals surface area contributed by atoms with Crippen molar-refractivity contribution < 1.29 is 0 Å². The highest BCUT2D eigenvalue weighted by Gasteiger charge is 1.92. The molecule has 0 saturated carbocycles. The first-order chi connectivity index (χ1) is 7.33. The number of guanidine groups is 1. The monoisotopic (exact) mass is 209 g/mol. The number of hydrogen-bond donors (Lipinski definition) is 2. The van der Waals surface area contributed by atoms with Crippen LogP contribution in [0.3, 0.4) is 0 Å². The van der Waals surface area contributed by atoms with E-state index in [9.17, 15) is 0 Å². The van der Waals surface area contributed by atoms with Gasteiger partial charge in [0.2, 0.25) is 0 Å². The van der Waals surface area contributed by atoms with E-state index in [0.717, 1.165) is 32.5 Å². The Morgan fingerprint density at radius 2 is 2.47 bits per heavy atom. The molecule has 0 unspecified atom stereocenters. The van der Waals surface area contributed by atoms with Gasteiger partial charge in [-0.3, -0.25) is 4.99 Å². The number of nitrogens with two attached hydrogens (primary N) is 1. The summed E-state index contributed by atoms with van der Waals surface area (Å²) in [4.78, 5) is 8.11. The van der Waals surface area contributed by atoms with Crippen LogP contribution in [-0.4, -0.2) is 28.6 Å². The minimum Gasteiger partial charge on any atom is -0.370 e. The molecule has 0 atom stereocenters. The van der Waals surface area contributed by atoms with Crippen LogP contribution in [0.25, 0.3) is 0 Å². The molecule has 0 spiro atoms. The quantitative estimate of drug-likeness (QED) is 0.409. The lowest BCUT2D eigenvalue weighted by molar-refractivity contribution is 0.629. The van der Waals surface area contributed by atoms with Crippen molar-refractivity contribution in [3.05, 3.63) is 18.7 Å². The molecule has 0 aromatic carbocycles. The Hall–Kier alpha value is -1.52. The molecular weight excluding hydrogens is 190 g/mol. The van der Waals surface area contributed by atoms with Gasteiger partial charge in [-0.2, -0.15) is 0 Å². The van der Waals surface area contributed by atoms with Gasteiger partial charge in [0.1, 0.15) is 0 Å². The second-order valence-electron chi connectivity index (χ2n) is 3.35. The molecule has 0 radical (unpaired) electrons. The van der Waals surface area contributed by atoms with E-state index in [-0.39, 0.29) is 0 Å². The first-order valence-electron chi connectivity index (χ1n) is 5.32. The maximum Gasteiger partial charge on any atom is 0.188 e. The third-order valence-electron chi connectivity index (χ3n) is 1.96. The number of hydrogen-bond acceptors (Lipinski definition) is 2. The van der Waals surface area contributed by atoms with Gasteiger partial charge >= 0.3 is 0 Å². The summed E-state index contributed by atoms with van der Waals surface area (Å²) in [5.41, 5.74) is 5.64. The van der Waals surface area contributed by atoms with E-state index >= 15 is 0 Å². The van der Waals surface area contributed by atoms with Crippen LogP contribution in [0, 0.1) is 0 Å². The van der Waals surface area contributed by atoms with Crippen molar-refractivity contribution >= 4 is 5.96 Å². The van der Waals surface area contributed by atoms with Gasteiger partial charge in [0.05, 0.1) is 6.33 Å². The molecule has 5 nitrogen and oxygen atoms in total. The highest BCUT2D eigenvalue weighted by Crippen LogP contribution is 1.88. The van der Waals surface area contributed by atoms with Crippen LogP contribution in [0.4, 0.5) is 0 Å². The van der Waals surface area contributed by atoms with Gasteiger partial charge in [-0.25, -0.2) is 4.98 Å². The third kappa shape index (κ3) is 5.05. The Bertz CT molecular complexity index is 278. The average Bonchev–Trinajstić information content (AvgIpc) is 2.74. The van der Waals surface area contributed by atoms with Crippen molar-refractivity contribution in [2.24, 2.45) is 10.7 Å². The highest BCUT2D eigenvalue weighted by atomic mass is 15.1. The fourth-order valence-corrected chi connectivity index (χ4v) is 1.19. The van der Waals surface area contributed by atoms with Crippen LogP contribution in [0.15, 0.2) is 23.7 Å². The van der Waals surface area contributed by atoms with E-state index in [1.54, 1.807) is 6.20 Å². The second-order valence-corrected chi connectivity index (χ2v) is 3.35. The molecule has 0 saturated heterocycles. The average molecular weight is 209 g/mol.